The summed E-state index contributed by atoms with van der Waals surface area (Å²) in [6, 6.07) is 4.80. The lowest BCUT2D eigenvalue weighted by atomic mass is 9.77. The molecule has 121 heavy (non-hydrogen) atoms. The fourth-order valence-electron chi connectivity index (χ4n) is 13.3. The molecule has 38 heteroatoms. The fourth-order valence-corrected chi connectivity index (χ4v) is 13.3. The van der Waals surface area contributed by atoms with Crippen molar-refractivity contribution in [1.82, 2.24) is 47.2 Å². The molecule has 9 atom stereocenters. The number of phenols is 2. The number of esters is 1. The third kappa shape index (κ3) is 36.5. The van der Waals surface area contributed by atoms with E-state index in [1.807, 2.05) is 13.8 Å². The van der Waals surface area contributed by atoms with Gasteiger partial charge >= 0.3 is 5.97 Å². The Morgan fingerprint density at radius 1 is 0.587 bits per heavy atom. The van der Waals surface area contributed by atoms with Gasteiger partial charge in [0.1, 0.15) is 41.7 Å². The SMILES string of the molecule is C.C.C.C.C.CCONCCCOCCOCCOCCCNC(=O)CNC(=O)[C@H](CCCCNC(=O)[C@@H](N)CCCCN)NC(=O)C(N)CCCCN.C[C@H](CCCN=C(N)N)NC(=O)[C@@H]1CCCN1C(=O)[C@@H]1CCCN1C(=O)[C@H](CCCCN)NC(=O)[C@H](N)[C@@H](C)O.O=C1OC2(c3cc(F)c(O)cc3Oc3cc(O)c(F)cc32)c2ccccc21. The second-order valence-electron chi connectivity index (χ2n) is 28.7. The summed E-state index contributed by atoms with van der Waals surface area (Å²) in [5.74, 6) is -6.78. The number of fused-ring (bicyclic) bond motifs is 6. The molecule has 1 spiro atoms. The standard InChI is InChI=1S/C32H67N9O8.C26H49N9O5.C20H10F2O5.5CH4/c1-2-49-40-18-10-20-47-22-24-48-23-21-46-19-9-17-37-29(42)25-39-32(45)28(41-31(44)27(36)12-4-7-15-34)13-5-8-16-38-30(43)26(35)11-3-6-14-33;1-16(8-5-13-31-26(29)30)32-22(37)19-10-6-14-34(19)25(40)20-11-7-15-35(20)24(39)18(9-3-4-12-27)33-23(38)21(28)17(2)36;21-13-5-11-17(7-15(13)23)26-18-8-16(24)14(22)6-12(18)20(11)10-4-2-1-3-9(10)19(25)27-20;;;;;/h26-28,40H,2-25,33-36H2,1H3,(H,37,42)(H,38,43)(H,39,45)(H,41,44);16-21,36H,3-15,27-28H2,1-2H3,(H,32,37)(H,33,38)(H4,29,30,31);1-8,23-24H;5*1H4/t26-,27?,28-;16-,17-,18+,19+,20+,21-;;;;;;/m01....../s1. The molecule has 4 aliphatic heterocycles. The van der Waals surface area contributed by atoms with Crippen LogP contribution in [0.2, 0.25) is 0 Å². The van der Waals surface area contributed by atoms with Crippen LogP contribution in [0.1, 0.15) is 213 Å². The molecule has 36 nitrogen and oxygen atoms in total. The van der Waals surface area contributed by atoms with Crippen LogP contribution in [0, 0.1) is 11.6 Å². The van der Waals surface area contributed by atoms with E-state index in [4.69, 9.17) is 74.4 Å². The minimum Gasteiger partial charge on any atom is -0.505 e. The van der Waals surface area contributed by atoms with E-state index in [0.29, 0.717) is 207 Å². The Bertz CT molecular complexity index is 3570. The number of aliphatic hydroxyl groups is 1. The molecule has 1 unspecified atom stereocenters. The Morgan fingerprint density at radius 2 is 1.10 bits per heavy atom. The lowest BCUT2D eigenvalue weighted by Gasteiger charge is -2.36. The highest BCUT2D eigenvalue weighted by Gasteiger charge is 2.54. The van der Waals surface area contributed by atoms with Crippen LogP contribution in [0.25, 0.3) is 0 Å². The first kappa shape index (κ1) is 112. The van der Waals surface area contributed by atoms with E-state index in [2.05, 4.69) is 42.4 Å². The van der Waals surface area contributed by atoms with Crippen LogP contribution in [0.15, 0.2) is 53.5 Å². The molecule has 0 radical (unpaired) electrons. The molecule has 26 N–H and O–H groups in total. The zero-order chi connectivity index (χ0) is 85.1. The third-order valence-electron chi connectivity index (χ3n) is 19.6. The monoisotopic (exact) mass is 1720 g/mol. The Hall–Kier alpha value is -9.06. The zero-order valence-electron chi connectivity index (χ0n) is 67.2. The van der Waals surface area contributed by atoms with Gasteiger partial charge in [-0.15, -0.1) is 0 Å². The van der Waals surface area contributed by atoms with Gasteiger partial charge in [-0.3, -0.25) is 43.3 Å². The van der Waals surface area contributed by atoms with E-state index in [-0.39, 0.29) is 113 Å². The number of rotatable bonds is 50. The number of ether oxygens (including phenoxy) is 5. The molecule has 0 bridgehead atoms. The molecule has 4 heterocycles. The van der Waals surface area contributed by atoms with E-state index in [0.717, 1.165) is 56.5 Å². The van der Waals surface area contributed by atoms with Gasteiger partial charge in [0.25, 0.3) is 0 Å². The Morgan fingerprint density at radius 3 is 1.67 bits per heavy atom. The number of aliphatic imine (C=N–C) groups is 1. The van der Waals surface area contributed by atoms with Crippen molar-refractivity contribution in [1.29, 1.82) is 0 Å². The number of unbranched alkanes of at least 4 members (excludes halogenated alkanes) is 4. The average molecular weight is 1720 g/mol. The molecule has 2 saturated heterocycles. The van der Waals surface area contributed by atoms with Gasteiger partial charge in [0, 0.05) is 76.2 Å². The van der Waals surface area contributed by atoms with Crippen molar-refractivity contribution >= 4 is 59.2 Å². The van der Waals surface area contributed by atoms with Crippen molar-refractivity contribution in [3.63, 3.8) is 0 Å². The number of hydrogen-bond acceptors (Lipinski definition) is 26. The van der Waals surface area contributed by atoms with Crippen LogP contribution < -0.4 is 88.0 Å². The number of hydroxylamine groups is 1. The number of benzene rings is 3. The minimum absolute atomic E-state index is 0. The fraction of sp³-hybridized carbons (Fsp3) is 0.663. The first-order chi connectivity index (χ1) is 55.6. The van der Waals surface area contributed by atoms with Gasteiger partial charge in [0.2, 0.25) is 47.3 Å². The number of halogens is 2. The van der Waals surface area contributed by atoms with Gasteiger partial charge in [-0.05, 0) is 174 Å². The molecule has 3 aromatic carbocycles. The molecule has 0 saturated carbocycles. The van der Waals surface area contributed by atoms with Crippen molar-refractivity contribution < 1.29 is 95.8 Å². The Balaban J connectivity index is 0.00000180. The van der Waals surface area contributed by atoms with E-state index >= 15 is 0 Å². The van der Waals surface area contributed by atoms with Crippen molar-refractivity contribution in [3.05, 3.63) is 82.4 Å². The molecule has 3 aromatic rings. The molecular formula is C83H146F2N18O18. The topological polar surface area (TPSA) is 581 Å². The number of guanidine groups is 1. The van der Waals surface area contributed by atoms with Crippen LogP contribution in [-0.2, 0) is 67.7 Å². The van der Waals surface area contributed by atoms with Gasteiger partial charge in [-0.1, -0.05) is 68.2 Å². The second-order valence-corrected chi connectivity index (χ2v) is 28.7. The maximum Gasteiger partial charge on any atom is 0.340 e. The maximum atomic E-state index is 14.2. The van der Waals surface area contributed by atoms with E-state index in [9.17, 15) is 67.3 Å². The van der Waals surface area contributed by atoms with Crippen molar-refractivity contribution in [3.8, 4) is 23.0 Å². The quantitative estimate of drug-likeness (QED) is 0.0127. The smallest absolute Gasteiger partial charge is 0.340 e. The minimum atomic E-state index is -1.67. The molecule has 8 amide bonds. The second kappa shape index (κ2) is 60.4. The van der Waals surface area contributed by atoms with Crippen molar-refractivity contribution in [2.45, 2.75) is 246 Å². The number of carbonyl (C=O) groups excluding carboxylic acids is 9. The summed E-state index contributed by atoms with van der Waals surface area (Å²) >= 11 is 0. The van der Waals surface area contributed by atoms with Gasteiger partial charge < -0.3 is 131 Å². The number of aliphatic hydroxyl groups excluding tert-OH is 1. The summed E-state index contributed by atoms with van der Waals surface area (Å²) in [6.45, 7) is 12.8. The van der Waals surface area contributed by atoms with Gasteiger partial charge in [0.05, 0.1) is 74.5 Å². The largest absolute Gasteiger partial charge is 0.505 e. The van der Waals surface area contributed by atoms with Crippen LogP contribution in [-0.4, -0.2) is 250 Å². The summed E-state index contributed by atoms with van der Waals surface area (Å²) < 4.78 is 56.1. The number of hydrogen-bond donors (Lipinski definition) is 18. The summed E-state index contributed by atoms with van der Waals surface area (Å²) in [6.07, 6.45) is 11.1. The summed E-state index contributed by atoms with van der Waals surface area (Å²) in [4.78, 5) is 128. The highest BCUT2D eigenvalue weighted by Crippen LogP contribution is 2.57. The molecule has 0 aromatic heterocycles. The summed E-state index contributed by atoms with van der Waals surface area (Å²) in [5.41, 5.74) is 47.0. The molecule has 690 valence electrons. The number of phenolic OH excluding ortho intramolecular Hbond substituents is 2. The van der Waals surface area contributed by atoms with Crippen molar-refractivity contribution in [2.24, 2.45) is 50.9 Å². The number of nitrogens with two attached hydrogens (primary N) is 8. The first-order valence-corrected chi connectivity index (χ1v) is 40.2. The molecular weight excluding hydrogens is 1580 g/mol. The highest BCUT2D eigenvalue weighted by atomic mass is 19.1. The van der Waals surface area contributed by atoms with Crippen LogP contribution in [0.3, 0.4) is 0 Å². The molecule has 0 aliphatic carbocycles. The van der Waals surface area contributed by atoms with E-state index < -0.39 is 101 Å². The van der Waals surface area contributed by atoms with Crippen LogP contribution >= 0.6 is 0 Å². The predicted molar refractivity (Wildman–Crippen MR) is 461 cm³/mol. The Labute approximate surface area is 713 Å². The lowest BCUT2D eigenvalue weighted by molar-refractivity contribution is -0.148. The van der Waals surface area contributed by atoms with Gasteiger partial charge in [-0.2, -0.15) is 0 Å². The third-order valence-corrected chi connectivity index (χ3v) is 19.6. The average Bonchev–Trinajstić information content (AvgIpc) is 1.59. The maximum absolute atomic E-state index is 14.2. The lowest BCUT2D eigenvalue weighted by Crippen LogP contribution is -2.58. The van der Waals surface area contributed by atoms with Gasteiger partial charge in [0.15, 0.2) is 34.7 Å². The zero-order valence-corrected chi connectivity index (χ0v) is 67.2. The number of likely N-dealkylation sites (tertiary alicyclic amines) is 2. The number of aromatic hydroxyl groups is 2. The van der Waals surface area contributed by atoms with E-state index in [1.165, 1.54) is 11.8 Å². The predicted octanol–water partition coefficient (Wildman–Crippen LogP) is 3.25. The van der Waals surface area contributed by atoms with Crippen molar-refractivity contribution in [2.75, 3.05) is 112 Å². The number of carbonyl (C=O) groups is 9. The van der Waals surface area contributed by atoms with Crippen LogP contribution in [0.5, 0.6) is 23.0 Å². The highest BCUT2D eigenvalue weighted by molar-refractivity contribution is 5.98. The van der Waals surface area contributed by atoms with Crippen LogP contribution in [0.4, 0.5) is 8.78 Å². The number of amides is 8. The molecule has 2 fully saturated rings. The Kier molecular flexibility index (Phi) is 55.9. The van der Waals surface area contributed by atoms with Gasteiger partial charge in [-0.25, -0.2) is 19.1 Å². The summed E-state index contributed by atoms with van der Waals surface area (Å²) in [7, 11) is 0. The summed E-state index contributed by atoms with van der Waals surface area (Å²) in [5, 5.41) is 45.7. The normalized spacial score (nSPS) is 16.0. The molecule has 7 rings (SSSR count). The molecule has 4 aliphatic rings. The first-order valence-electron chi connectivity index (χ1n) is 40.2. The van der Waals surface area contributed by atoms with E-state index in [1.54, 1.807) is 29.2 Å². The number of nitrogens with zero attached hydrogens (tertiary/aromatic N) is 3. The number of nitrogens with one attached hydrogen (secondary N) is 7.